The standard InChI is InChI=1S/C26H38N4O8/c31-25(32)23-5-1-3-21(27-23)19-29-7-11-35-15-17-37-13-9-30(10-14-38-18-16-36-12-8-29)20-22-4-2-6-24(28-22)26(33)34/h1,3-5H,2,6-20H2,(H,31,32)(H,33,34). The van der Waals surface area contributed by atoms with Gasteiger partial charge in [-0.05, 0) is 18.6 Å². The molecule has 1 saturated heterocycles. The van der Waals surface area contributed by atoms with Gasteiger partial charge in [0.05, 0.1) is 64.2 Å². The van der Waals surface area contributed by atoms with E-state index in [4.69, 9.17) is 18.9 Å². The maximum Gasteiger partial charge on any atom is 0.354 e. The summed E-state index contributed by atoms with van der Waals surface area (Å²) in [6.07, 6.45) is 3.12. The van der Waals surface area contributed by atoms with Crippen LogP contribution in [0.15, 0.2) is 35.0 Å². The smallest absolute Gasteiger partial charge is 0.354 e. The third-order valence-corrected chi connectivity index (χ3v) is 6.04. The molecule has 0 aromatic carbocycles. The highest BCUT2D eigenvalue weighted by Gasteiger charge is 2.16. The minimum absolute atomic E-state index is 0.0254. The highest BCUT2D eigenvalue weighted by molar-refractivity contribution is 6.36. The first-order valence-electron chi connectivity index (χ1n) is 13.0. The second-order valence-corrected chi connectivity index (χ2v) is 8.92. The van der Waals surface area contributed by atoms with Crippen LogP contribution in [0.3, 0.4) is 0 Å². The fourth-order valence-electron chi connectivity index (χ4n) is 4.01. The maximum absolute atomic E-state index is 11.3. The van der Waals surface area contributed by atoms with Gasteiger partial charge in [0.1, 0.15) is 11.4 Å². The first-order chi connectivity index (χ1) is 18.5. The van der Waals surface area contributed by atoms with Crippen LogP contribution in [0.5, 0.6) is 0 Å². The lowest BCUT2D eigenvalue weighted by atomic mass is 10.1. The summed E-state index contributed by atoms with van der Waals surface area (Å²) in [5.74, 6) is -2.01. The number of ether oxygens (including phenoxy) is 4. The van der Waals surface area contributed by atoms with Crippen LogP contribution >= 0.6 is 0 Å². The fourth-order valence-corrected chi connectivity index (χ4v) is 4.01. The fraction of sp³-hybridized carbons (Fsp3) is 0.615. The van der Waals surface area contributed by atoms with Gasteiger partial charge in [0.2, 0.25) is 0 Å². The molecule has 12 heteroatoms. The number of aromatic carboxylic acids is 1. The molecular formula is C26H38N4O8. The first kappa shape index (κ1) is 29.8. The van der Waals surface area contributed by atoms with Crippen LogP contribution in [0.4, 0.5) is 0 Å². The Morgan fingerprint density at radius 2 is 1.32 bits per heavy atom. The van der Waals surface area contributed by atoms with Crippen molar-refractivity contribution in [3.05, 3.63) is 41.4 Å². The Balaban J connectivity index is 1.47. The van der Waals surface area contributed by atoms with Crippen LogP contribution in [0, 0.1) is 0 Å². The van der Waals surface area contributed by atoms with Crippen LogP contribution < -0.4 is 0 Å². The second-order valence-electron chi connectivity index (χ2n) is 8.92. The Labute approximate surface area is 222 Å². The number of hydrogen-bond donors (Lipinski definition) is 2. The number of carbonyl (C=O) groups is 2. The molecule has 1 aromatic rings. The number of hydrogen-bond acceptors (Lipinski definition) is 10. The van der Waals surface area contributed by atoms with Crippen molar-refractivity contribution in [2.45, 2.75) is 19.4 Å². The Morgan fingerprint density at radius 3 is 1.84 bits per heavy atom. The Bertz CT molecular complexity index is 935. The van der Waals surface area contributed by atoms with Crippen molar-refractivity contribution in [1.82, 2.24) is 14.8 Å². The zero-order valence-electron chi connectivity index (χ0n) is 21.8. The van der Waals surface area contributed by atoms with Crippen molar-refractivity contribution in [2.75, 3.05) is 85.6 Å². The Hall–Kier alpha value is -2.74. The molecule has 3 rings (SSSR count). The molecule has 210 valence electrons. The zero-order chi connectivity index (χ0) is 27.0. The number of carboxylic acids is 2. The summed E-state index contributed by atoms with van der Waals surface area (Å²) in [7, 11) is 0. The van der Waals surface area contributed by atoms with Gasteiger partial charge in [0, 0.05) is 45.7 Å². The number of allylic oxidation sites excluding steroid dienone is 1. The molecule has 2 N–H and O–H groups in total. The number of nitrogens with zero attached hydrogens (tertiary/aromatic N) is 4. The average molecular weight is 535 g/mol. The van der Waals surface area contributed by atoms with Crippen molar-refractivity contribution in [1.29, 1.82) is 0 Å². The minimum atomic E-state index is -1.05. The quantitative estimate of drug-likeness (QED) is 0.543. The molecule has 0 amide bonds. The molecule has 1 fully saturated rings. The van der Waals surface area contributed by atoms with E-state index >= 15 is 0 Å². The van der Waals surface area contributed by atoms with Gasteiger partial charge >= 0.3 is 11.9 Å². The molecule has 0 aliphatic carbocycles. The summed E-state index contributed by atoms with van der Waals surface area (Å²) >= 11 is 0. The van der Waals surface area contributed by atoms with Crippen molar-refractivity contribution in [3.8, 4) is 0 Å². The SMILES string of the molecule is O=C(O)C1=NC(CN2CCOCCOCCN(Cc3cccc(C(=O)O)n3)CCOCCOCC2)=CCC1. The van der Waals surface area contributed by atoms with Gasteiger partial charge in [0.15, 0.2) is 0 Å². The van der Waals surface area contributed by atoms with E-state index < -0.39 is 11.9 Å². The van der Waals surface area contributed by atoms with Gasteiger partial charge in [-0.25, -0.2) is 19.6 Å². The minimum Gasteiger partial charge on any atom is -0.477 e. The summed E-state index contributed by atoms with van der Waals surface area (Å²) < 4.78 is 23.0. The predicted molar refractivity (Wildman–Crippen MR) is 139 cm³/mol. The molecule has 3 heterocycles. The second kappa shape index (κ2) is 17.0. The molecule has 38 heavy (non-hydrogen) atoms. The summed E-state index contributed by atoms with van der Waals surface area (Å²) in [5, 5.41) is 18.4. The summed E-state index contributed by atoms with van der Waals surface area (Å²) in [6, 6.07) is 4.99. The van der Waals surface area contributed by atoms with E-state index in [2.05, 4.69) is 19.8 Å². The number of carboxylic acid groups (broad SMARTS) is 2. The van der Waals surface area contributed by atoms with Gasteiger partial charge < -0.3 is 29.2 Å². The summed E-state index contributed by atoms with van der Waals surface area (Å²) in [4.78, 5) is 35.3. The van der Waals surface area contributed by atoms with Crippen molar-refractivity contribution in [3.63, 3.8) is 0 Å². The van der Waals surface area contributed by atoms with Gasteiger partial charge in [-0.2, -0.15) is 0 Å². The average Bonchev–Trinajstić information content (AvgIpc) is 2.91. The largest absolute Gasteiger partial charge is 0.477 e. The van der Waals surface area contributed by atoms with E-state index in [-0.39, 0.29) is 11.4 Å². The lowest BCUT2D eigenvalue weighted by Gasteiger charge is -2.24. The Kier molecular flexibility index (Phi) is 13.3. The van der Waals surface area contributed by atoms with Crippen LogP contribution in [0.1, 0.15) is 29.0 Å². The van der Waals surface area contributed by atoms with E-state index in [0.717, 1.165) is 5.70 Å². The monoisotopic (exact) mass is 534 g/mol. The zero-order valence-corrected chi connectivity index (χ0v) is 21.8. The molecule has 12 nitrogen and oxygen atoms in total. The molecule has 0 atom stereocenters. The lowest BCUT2D eigenvalue weighted by Crippen LogP contribution is -2.34. The molecule has 1 aromatic heterocycles. The molecule has 0 saturated carbocycles. The van der Waals surface area contributed by atoms with Gasteiger partial charge in [-0.3, -0.25) is 9.80 Å². The van der Waals surface area contributed by atoms with E-state index in [0.29, 0.717) is 111 Å². The van der Waals surface area contributed by atoms with E-state index in [1.807, 2.05) is 12.1 Å². The normalized spacial score (nSPS) is 20.5. The third kappa shape index (κ3) is 11.3. The molecule has 2 aliphatic heterocycles. The molecule has 0 radical (unpaired) electrons. The highest BCUT2D eigenvalue weighted by Crippen LogP contribution is 2.13. The number of aliphatic imine (C=N–C) groups is 1. The van der Waals surface area contributed by atoms with E-state index in [1.54, 1.807) is 6.07 Å². The maximum atomic E-state index is 11.3. The number of aliphatic carboxylic acids is 1. The van der Waals surface area contributed by atoms with Crippen molar-refractivity contribution >= 4 is 17.7 Å². The van der Waals surface area contributed by atoms with E-state index in [9.17, 15) is 19.8 Å². The third-order valence-electron chi connectivity index (χ3n) is 6.04. The van der Waals surface area contributed by atoms with Crippen LogP contribution in [0.25, 0.3) is 0 Å². The highest BCUT2D eigenvalue weighted by atomic mass is 16.5. The summed E-state index contributed by atoms with van der Waals surface area (Å²) in [6.45, 7) is 7.46. The first-order valence-corrected chi connectivity index (χ1v) is 13.0. The molecule has 0 spiro atoms. The predicted octanol–water partition coefficient (Wildman–Crippen LogP) is 1.17. The Morgan fingerprint density at radius 1 is 0.763 bits per heavy atom. The number of rotatable bonds is 6. The molecule has 0 unspecified atom stereocenters. The molecule has 2 aliphatic rings. The van der Waals surface area contributed by atoms with Crippen molar-refractivity contribution in [2.24, 2.45) is 4.99 Å². The van der Waals surface area contributed by atoms with Crippen LogP contribution in [-0.2, 0) is 30.3 Å². The topological polar surface area (TPSA) is 143 Å². The van der Waals surface area contributed by atoms with Gasteiger partial charge in [-0.15, -0.1) is 0 Å². The molecular weight excluding hydrogens is 496 g/mol. The number of pyridine rings is 1. The number of aromatic nitrogens is 1. The lowest BCUT2D eigenvalue weighted by molar-refractivity contribution is -0.129. The van der Waals surface area contributed by atoms with Crippen LogP contribution in [0.2, 0.25) is 0 Å². The van der Waals surface area contributed by atoms with Crippen LogP contribution in [-0.4, -0.2) is 128 Å². The van der Waals surface area contributed by atoms with Gasteiger partial charge in [0.25, 0.3) is 0 Å². The summed E-state index contributed by atoms with van der Waals surface area (Å²) in [5.41, 5.74) is 1.67. The van der Waals surface area contributed by atoms with Crippen molar-refractivity contribution < 1.29 is 38.7 Å². The van der Waals surface area contributed by atoms with E-state index in [1.165, 1.54) is 6.07 Å². The molecule has 0 bridgehead atoms. The van der Waals surface area contributed by atoms with Gasteiger partial charge in [-0.1, -0.05) is 12.1 Å².